The van der Waals surface area contributed by atoms with Crippen LogP contribution in [-0.4, -0.2) is 11.5 Å². The number of nitrogens with one attached hydrogen (secondary N) is 2. The first-order valence-electron chi connectivity index (χ1n) is 5.37. The third-order valence-electron chi connectivity index (χ3n) is 2.22. The van der Waals surface area contributed by atoms with Gasteiger partial charge in [0.15, 0.2) is 0 Å². The normalized spacial score (nSPS) is 14.6. The molecular weight excluding hydrogens is 200 g/mol. The van der Waals surface area contributed by atoms with Gasteiger partial charge in [-0.3, -0.25) is 0 Å². The molecule has 4 heteroatoms. The Balaban J connectivity index is 5.06. The van der Waals surface area contributed by atoms with Crippen LogP contribution in [-0.2, 0) is 0 Å². The fourth-order valence-corrected chi connectivity index (χ4v) is 0.872. The van der Waals surface area contributed by atoms with Crippen molar-refractivity contribution in [2.75, 3.05) is 0 Å². The maximum absolute atomic E-state index is 7.58. The number of hydrogen-bond donors (Lipinski definition) is 3. The lowest BCUT2D eigenvalue weighted by Crippen LogP contribution is -2.14. The minimum atomic E-state index is 0.477. The molecule has 4 N–H and O–H groups in total. The molecule has 4 nitrogen and oxygen atoms in total. The second kappa shape index (κ2) is 6.82. The van der Waals surface area contributed by atoms with Gasteiger partial charge in [-0.1, -0.05) is 12.5 Å². The molecule has 0 fully saturated rings. The van der Waals surface area contributed by atoms with E-state index in [-0.39, 0.29) is 0 Å². The van der Waals surface area contributed by atoms with E-state index in [0.29, 0.717) is 17.4 Å². The van der Waals surface area contributed by atoms with E-state index in [1.54, 1.807) is 13.8 Å². The van der Waals surface area contributed by atoms with Gasteiger partial charge in [-0.15, -0.1) is 0 Å². The Labute approximate surface area is 97.8 Å². The van der Waals surface area contributed by atoms with Gasteiger partial charge in [-0.2, -0.15) is 0 Å². The summed E-state index contributed by atoms with van der Waals surface area (Å²) in [6.45, 7) is 9.44. The maximum Gasteiger partial charge on any atom is 0.136 e. The van der Waals surface area contributed by atoms with Gasteiger partial charge in [0.05, 0.1) is 5.84 Å². The predicted molar refractivity (Wildman–Crippen MR) is 70.6 cm³/mol. The summed E-state index contributed by atoms with van der Waals surface area (Å²) in [6.07, 6.45) is 2.88. The number of amidine groups is 1. The highest BCUT2D eigenvalue weighted by Gasteiger charge is 2.02. The summed E-state index contributed by atoms with van der Waals surface area (Å²) < 4.78 is 0. The van der Waals surface area contributed by atoms with Gasteiger partial charge in [-0.25, -0.2) is 4.99 Å². The Morgan fingerprint density at radius 2 is 1.88 bits per heavy atom. The summed E-state index contributed by atoms with van der Waals surface area (Å²) >= 11 is 0. The summed E-state index contributed by atoms with van der Waals surface area (Å²) in [4.78, 5) is 4.18. The first kappa shape index (κ1) is 14.4. The van der Waals surface area contributed by atoms with Crippen molar-refractivity contribution in [1.29, 1.82) is 5.41 Å². The van der Waals surface area contributed by atoms with Crippen molar-refractivity contribution in [3.05, 3.63) is 23.2 Å². The van der Waals surface area contributed by atoms with Crippen molar-refractivity contribution in [2.24, 2.45) is 10.7 Å². The van der Waals surface area contributed by atoms with Crippen molar-refractivity contribution >= 4 is 11.5 Å². The van der Waals surface area contributed by atoms with Crippen LogP contribution in [0.3, 0.4) is 0 Å². The van der Waals surface area contributed by atoms with Crippen LogP contribution >= 0.6 is 0 Å². The van der Waals surface area contributed by atoms with Crippen LogP contribution in [0.4, 0.5) is 0 Å². The highest BCUT2D eigenvalue weighted by molar-refractivity contribution is 5.96. The smallest absolute Gasteiger partial charge is 0.136 e. The number of allylic oxidation sites excluding steroid dienone is 2. The fraction of sp³-hybridized carbons (Fsp3) is 0.500. The Kier molecular flexibility index (Phi) is 6.15. The van der Waals surface area contributed by atoms with Crippen LogP contribution in [0.15, 0.2) is 28.2 Å². The van der Waals surface area contributed by atoms with Crippen LogP contribution in [0.2, 0.25) is 0 Å². The quantitative estimate of drug-likeness (QED) is 0.494. The largest absolute Gasteiger partial charge is 0.387 e. The first-order chi connectivity index (χ1) is 7.38. The summed E-state index contributed by atoms with van der Waals surface area (Å²) in [7, 11) is 0. The van der Waals surface area contributed by atoms with E-state index in [1.165, 1.54) is 5.57 Å². The third-order valence-corrected chi connectivity index (χ3v) is 2.22. The van der Waals surface area contributed by atoms with Crippen molar-refractivity contribution in [3.8, 4) is 0 Å². The Bertz CT molecular complexity index is 344. The first-order valence-corrected chi connectivity index (χ1v) is 5.37. The summed E-state index contributed by atoms with van der Waals surface area (Å²) in [5, 5.41) is 10.7. The van der Waals surface area contributed by atoms with E-state index < -0.39 is 0 Å². The van der Waals surface area contributed by atoms with Gasteiger partial charge < -0.3 is 16.5 Å². The summed E-state index contributed by atoms with van der Waals surface area (Å²) in [6, 6.07) is 0. The zero-order valence-electron chi connectivity index (χ0n) is 10.8. The standard InChI is InChI=1S/C12H22N4/c1-6-8(2)7-15-12(16-11(5)14)9(3)10(4)13/h7,13,15H,6H2,1-5H3,(H2,14,16)/b8-7-,12-9-,13-10?. The second-order valence-corrected chi connectivity index (χ2v) is 3.84. The predicted octanol–water partition coefficient (Wildman–Crippen LogP) is 2.54. The van der Waals surface area contributed by atoms with E-state index in [2.05, 4.69) is 17.2 Å². The average molecular weight is 222 g/mol. The monoisotopic (exact) mass is 222 g/mol. The van der Waals surface area contributed by atoms with Crippen molar-refractivity contribution < 1.29 is 0 Å². The van der Waals surface area contributed by atoms with E-state index in [1.807, 2.05) is 20.0 Å². The Morgan fingerprint density at radius 3 is 2.25 bits per heavy atom. The van der Waals surface area contributed by atoms with Gasteiger partial charge in [0.1, 0.15) is 5.82 Å². The molecule has 0 aliphatic carbocycles. The van der Waals surface area contributed by atoms with Crippen LogP contribution in [0.5, 0.6) is 0 Å². The SMILES string of the molecule is CC/C(C)=C\NC(/N=C(\C)N)=C(\C)C(C)=N. The molecular formula is C12H22N4. The molecule has 0 aromatic heterocycles. The molecule has 0 spiro atoms. The van der Waals surface area contributed by atoms with Crippen LogP contribution in [0, 0.1) is 5.41 Å². The number of hydrogen-bond acceptors (Lipinski definition) is 3. The van der Waals surface area contributed by atoms with Crippen LogP contribution in [0.1, 0.15) is 41.0 Å². The molecule has 0 aromatic carbocycles. The molecule has 0 atom stereocenters. The summed E-state index contributed by atoms with van der Waals surface area (Å²) in [5.74, 6) is 1.12. The molecule has 0 saturated carbocycles. The number of nitrogens with zero attached hydrogens (tertiary/aromatic N) is 1. The lowest BCUT2D eigenvalue weighted by molar-refractivity contribution is 0.961. The van der Waals surface area contributed by atoms with E-state index in [9.17, 15) is 0 Å². The topological polar surface area (TPSA) is 74.3 Å². The average Bonchev–Trinajstić information content (AvgIpc) is 2.21. The van der Waals surface area contributed by atoms with E-state index in [0.717, 1.165) is 12.0 Å². The minimum absolute atomic E-state index is 0.477. The molecule has 0 bridgehead atoms. The molecule has 0 heterocycles. The van der Waals surface area contributed by atoms with Crippen LogP contribution in [0.25, 0.3) is 0 Å². The highest BCUT2D eigenvalue weighted by Crippen LogP contribution is 2.06. The van der Waals surface area contributed by atoms with E-state index in [4.69, 9.17) is 11.1 Å². The van der Waals surface area contributed by atoms with Crippen molar-refractivity contribution in [2.45, 2.75) is 41.0 Å². The van der Waals surface area contributed by atoms with Gasteiger partial charge in [0.2, 0.25) is 0 Å². The van der Waals surface area contributed by atoms with Gasteiger partial charge in [-0.05, 0) is 34.1 Å². The third kappa shape index (κ3) is 5.34. The summed E-state index contributed by atoms with van der Waals surface area (Å²) in [5.41, 5.74) is 8.05. The van der Waals surface area contributed by atoms with Crippen molar-refractivity contribution in [3.63, 3.8) is 0 Å². The molecule has 90 valence electrons. The minimum Gasteiger partial charge on any atom is -0.387 e. The molecule has 0 rings (SSSR count). The number of aliphatic imine (C=N–C) groups is 1. The highest BCUT2D eigenvalue weighted by atomic mass is 15.0. The zero-order valence-corrected chi connectivity index (χ0v) is 10.8. The lowest BCUT2D eigenvalue weighted by atomic mass is 10.2. The second-order valence-electron chi connectivity index (χ2n) is 3.84. The maximum atomic E-state index is 7.58. The Hall–Kier alpha value is -1.58. The van der Waals surface area contributed by atoms with Gasteiger partial charge >= 0.3 is 0 Å². The molecule has 16 heavy (non-hydrogen) atoms. The molecule has 0 unspecified atom stereocenters. The van der Waals surface area contributed by atoms with Gasteiger partial charge in [0.25, 0.3) is 0 Å². The number of rotatable bonds is 5. The molecule has 0 aliphatic heterocycles. The Morgan fingerprint density at radius 1 is 1.31 bits per heavy atom. The molecule has 0 saturated heterocycles. The zero-order chi connectivity index (χ0) is 12.7. The fourth-order valence-electron chi connectivity index (χ4n) is 0.872. The lowest BCUT2D eigenvalue weighted by Gasteiger charge is -2.08. The van der Waals surface area contributed by atoms with Gasteiger partial charge in [0, 0.05) is 17.5 Å². The van der Waals surface area contributed by atoms with Crippen molar-refractivity contribution in [1.82, 2.24) is 5.32 Å². The number of nitrogens with two attached hydrogens (primary N) is 1. The molecule has 0 aliphatic rings. The van der Waals surface area contributed by atoms with Crippen LogP contribution < -0.4 is 11.1 Å². The molecule has 0 aromatic rings. The molecule has 0 radical (unpaired) electrons. The van der Waals surface area contributed by atoms with E-state index >= 15 is 0 Å². The molecule has 0 amide bonds.